The maximum Gasteiger partial charge on any atom is 0.337 e. The van der Waals surface area contributed by atoms with Gasteiger partial charge in [-0.15, -0.1) is 0 Å². The van der Waals surface area contributed by atoms with E-state index >= 15 is 0 Å². The summed E-state index contributed by atoms with van der Waals surface area (Å²) in [5, 5.41) is 2.76. The molecule has 2 rings (SSSR count). The van der Waals surface area contributed by atoms with Crippen LogP contribution >= 0.6 is 0 Å². The van der Waals surface area contributed by atoms with Crippen molar-refractivity contribution < 1.29 is 14.3 Å². The molecule has 20 heavy (non-hydrogen) atoms. The van der Waals surface area contributed by atoms with Crippen LogP contribution in [0.2, 0.25) is 0 Å². The van der Waals surface area contributed by atoms with Gasteiger partial charge in [0.1, 0.15) is 0 Å². The van der Waals surface area contributed by atoms with Gasteiger partial charge in [-0.05, 0) is 30.3 Å². The molecule has 1 aromatic heterocycles. The Kier molecular flexibility index (Phi) is 4.55. The van der Waals surface area contributed by atoms with Crippen LogP contribution in [0.4, 0.5) is 5.69 Å². The number of ether oxygens (including phenoxy) is 1. The van der Waals surface area contributed by atoms with Gasteiger partial charge in [0.25, 0.3) is 0 Å². The zero-order chi connectivity index (χ0) is 14.4. The Hall–Kier alpha value is -2.56. The molecule has 0 fully saturated rings. The number of benzene rings is 1. The predicted molar refractivity (Wildman–Crippen MR) is 75.5 cm³/mol. The van der Waals surface area contributed by atoms with Gasteiger partial charge in [-0.3, -0.25) is 4.79 Å². The van der Waals surface area contributed by atoms with Crippen LogP contribution in [0.25, 0.3) is 0 Å². The first kappa shape index (κ1) is 13.9. The molecular weight excluding hydrogens is 256 g/mol. The first-order chi connectivity index (χ1) is 9.69. The van der Waals surface area contributed by atoms with Crippen LogP contribution in [0.15, 0.2) is 48.8 Å². The standard InChI is InChI=1S/C15H16N2O3/c1-20-15(19)12-5-4-6-13(11-12)16-14(18)7-10-17-8-2-3-9-17/h2-6,8-9,11H,7,10H2,1H3,(H,16,18). The molecule has 0 aliphatic rings. The van der Waals surface area contributed by atoms with Crippen molar-refractivity contribution in [1.82, 2.24) is 4.57 Å². The quantitative estimate of drug-likeness (QED) is 0.850. The van der Waals surface area contributed by atoms with Crippen molar-refractivity contribution in [2.24, 2.45) is 0 Å². The third-order valence-corrected chi connectivity index (χ3v) is 2.83. The molecule has 1 N–H and O–H groups in total. The minimum absolute atomic E-state index is 0.0966. The summed E-state index contributed by atoms with van der Waals surface area (Å²) in [6.07, 6.45) is 4.19. The van der Waals surface area contributed by atoms with Crippen LogP contribution in [0.5, 0.6) is 0 Å². The molecule has 1 amide bonds. The van der Waals surface area contributed by atoms with Crippen molar-refractivity contribution in [2.75, 3.05) is 12.4 Å². The first-order valence-corrected chi connectivity index (χ1v) is 6.28. The van der Waals surface area contributed by atoms with Crippen LogP contribution in [-0.4, -0.2) is 23.6 Å². The summed E-state index contributed by atoms with van der Waals surface area (Å²) in [7, 11) is 1.32. The summed E-state index contributed by atoms with van der Waals surface area (Å²) in [6, 6.07) is 10.5. The summed E-state index contributed by atoms with van der Waals surface area (Å²) >= 11 is 0. The van der Waals surface area contributed by atoms with Crippen molar-refractivity contribution >= 4 is 17.6 Å². The highest BCUT2D eigenvalue weighted by molar-refractivity contribution is 5.94. The Morgan fingerprint density at radius 3 is 2.65 bits per heavy atom. The molecule has 0 bridgehead atoms. The minimum atomic E-state index is -0.423. The molecule has 104 valence electrons. The number of anilines is 1. The maximum absolute atomic E-state index is 11.8. The number of methoxy groups -OCH3 is 1. The second-order valence-electron chi connectivity index (χ2n) is 4.29. The molecule has 5 heteroatoms. The van der Waals surface area contributed by atoms with Crippen LogP contribution in [-0.2, 0) is 16.1 Å². The number of aryl methyl sites for hydroxylation is 1. The second kappa shape index (κ2) is 6.56. The van der Waals surface area contributed by atoms with E-state index in [0.717, 1.165) is 0 Å². The van der Waals surface area contributed by atoms with Gasteiger partial charge in [-0.25, -0.2) is 4.79 Å². The van der Waals surface area contributed by atoms with Crippen LogP contribution in [0.3, 0.4) is 0 Å². The molecule has 0 atom stereocenters. The third kappa shape index (κ3) is 3.71. The van der Waals surface area contributed by atoms with Gasteiger partial charge in [-0.2, -0.15) is 0 Å². The van der Waals surface area contributed by atoms with E-state index in [1.807, 2.05) is 29.1 Å². The Morgan fingerprint density at radius 1 is 1.20 bits per heavy atom. The molecule has 0 aliphatic carbocycles. The molecule has 0 radical (unpaired) electrons. The topological polar surface area (TPSA) is 60.3 Å². The Morgan fingerprint density at radius 2 is 1.95 bits per heavy atom. The van der Waals surface area contributed by atoms with Crippen molar-refractivity contribution in [2.45, 2.75) is 13.0 Å². The minimum Gasteiger partial charge on any atom is -0.465 e. The number of hydrogen-bond acceptors (Lipinski definition) is 3. The highest BCUT2D eigenvalue weighted by Crippen LogP contribution is 2.12. The number of hydrogen-bond donors (Lipinski definition) is 1. The largest absolute Gasteiger partial charge is 0.465 e. The van der Waals surface area contributed by atoms with Crippen molar-refractivity contribution in [3.63, 3.8) is 0 Å². The lowest BCUT2D eigenvalue weighted by atomic mass is 10.2. The lowest BCUT2D eigenvalue weighted by Gasteiger charge is -2.07. The fourth-order valence-electron chi connectivity index (χ4n) is 1.82. The van der Waals surface area contributed by atoms with Gasteiger partial charge in [0.05, 0.1) is 12.7 Å². The molecule has 0 saturated carbocycles. The highest BCUT2D eigenvalue weighted by Gasteiger charge is 2.07. The monoisotopic (exact) mass is 272 g/mol. The lowest BCUT2D eigenvalue weighted by molar-refractivity contribution is -0.116. The summed E-state index contributed by atoms with van der Waals surface area (Å²) in [6.45, 7) is 0.621. The molecule has 0 saturated heterocycles. The number of nitrogens with zero attached hydrogens (tertiary/aromatic N) is 1. The van der Waals surface area contributed by atoms with Gasteiger partial charge < -0.3 is 14.6 Å². The average molecular weight is 272 g/mol. The van der Waals surface area contributed by atoms with E-state index in [1.54, 1.807) is 24.3 Å². The smallest absolute Gasteiger partial charge is 0.337 e. The number of nitrogens with one attached hydrogen (secondary N) is 1. The van der Waals surface area contributed by atoms with Crippen LogP contribution in [0.1, 0.15) is 16.8 Å². The molecular formula is C15H16N2O3. The number of carbonyl (C=O) groups is 2. The number of carbonyl (C=O) groups excluding carboxylic acids is 2. The van der Waals surface area contributed by atoms with E-state index in [9.17, 15) is 9.59 Å². The summed E-state index contributed by atoms with van der Waals surface area (Å²) in [4.78, 5) is 23.2. The highest BCUT2D eigenvalue weighted by atomic mass is 16.5. The third-order valence-electron chi connectivity index (χ3n) is 2.83. The van der Waals surface area contributed by atoms with E-state index in [4.69, 9.17) is 0 Å². The van der Waals surface area contributed by atoms with Crippen molar-refractivity contribution in [3.05, 3.63) is 54.4 Å². The van der Waals surface area contributed by atoms with Crippen molar-refractivity contribution in [3.8, 4) is 0 Å². The number of aromatic nitrogens is 1. The average Bonchev–Trinajstić information content (AvgIpc) is 2.98. The fourth-order valence-corrected chi connectivity index (χ4v) is 1.82. The zero-order valence-electron chi connectivity index (χ0n) is 11.2. The van der Waals surface area contributed by atoms with E-state index < -0.39 is 5.97 Å². The lowest BCUT2D eigenvalue weighted by Crippen LogP contribution is -2.14. The number of amides is 1. The van der Waals surface area contributed by atoms with E-state index in [1.165, 1.54) is 7.11 Å². The first-order valence-electron chi connectivity index (χ1n) is 6.28. The molecule has 0 aliphatic heterocycles. The summed E-state index contributed by atoms with van der Waals surface area (Å²) in [5.41, 5.74) is 1.00. The summed E-state index contributed by atoms with van der Waals surface area (Å²) < 4.78 is 6.57. The van der Waals surface area contributed by atoms with Crippen LogP contribution in [0, 0.1) is 0 Å². The molecule has 1 aromatic carbocycles. The van der Waals surface area contributed by atoms with E-state index in [2.05, 4.69) is 10.1 Å². The zero-order valence-corrected chi connectivity index (χ0v) is 11.2. The Balaban J connectivity index is 1.92. The molecule has 1 heterocycles. The van der Waals surface area contributed by atoms with Gasteiger partial charge >= 0.3 is 5.97 Å². The summed E-state index contributed by atoms with van der Waals surface area (Å²) in [5.74, 6) is -0.519. The molecule has 2 aromatic rings. The predicted octanol–water partition coefficient (Wildman–Crippen LogP) is 2.30. The molecule has 0 unspecified atom stereocenters. The number of rotatable bonds is 5. The van der Waals surface area contributed by atoms with Gasteiger partial charge in [0, 0.05) is 31.0 Å². The Labute approximate surface area is 117 Å². The van der Waals surface area contributed by atoms with Gasteiger partial charge in [0.15, 0.2) is 0 Å². The molecule has 5 nitrogen and oxygen atoms in total. The number of esters is 1. The SMILES string of the molecule is COC(=O)c1cccc(NC(=O)CCn2cccc2)c1. The fraction of sp³-hybridized carbons (Fsp3) is 0.200. The van der Waals surface area contributed by atoms with Gasteiger partial charge in [0.2, 0.25) is 5.91 Å². The van der Waals surface area contributed by atoms with Gasteiger partial charge in [-0.1, -0.05) is 6.07 Å². The van der Waals surface area contributed by atoms with Crippen molar-refractivity contribution in [1.29, 1.82) is 0 Å². The molecule has 0 spiro atoms. The van der Waals surface area contributed by atoms with E-state index in [0.29, 0.717) is 24.2 Å². The van der Waals surface area contributed by atoms with Crippen LogP contribution < -0.4 is 5.32 Å². The van der Waals surface area contributed by atoms with E-state index in [-0.39, 0.29) is 5.91 Å². The second-order valence-corrected chi connectivity index (χ2v) is 4.29. The maximum atomic E-state index is 11.8. The normalized spacial score (nSPS) is 10.1. The Bertz CT molecular complexity index is 591.